The van der Waals surface area contributed by atoms with Gasteiger partial charge in [-0.2, -0.15) is 0 Å². The van der Waals surface area contributed by atoms with E-state index in [0.717, 1.165) is 6.42 Å². The van der Waals surface area contributed by atoms with Crippen molar-refractivity contribution in [1.82, 2.24) is 0 Å². The molecule has 1 aromatic rings. The second-order valence-corrected chi connectivity index (χ2v) is 4.81. The fourth-order valence-electron chi connectivity index (χ4n) is 2.33. The van der Waals surface area contributed by atoms with Crippen molar-refractivity contribution in [3.8, 4) is 0 Å². The van der Waals surface area contributed by atoms with Crippen molar-refractivity contribution in [2.75, 3.05) is 6.61 Å². The molecule has 2 nitrogen and oxygen atoms in total. The maximum Gasteiger partial charge on any atom is 0.330 e. The van der Waals surface area contributed by atoms with Crippen LogP contribution in [0.2, 0.25) is 0 Å². The van der Waals surface area contributed by atoms with Gasteiger partial charge in [-0.05, 0) is 24.3 Å². The zero-order chi connectivity index (χ0) is 12.6. The number of hydrogen-bond donors (Lipinski definition) is 0. The molecular weight excluding hydrogens is 224 g/mol. The smallest absolute Gasteiger partial charge is 0.330 e. The first kappa shape index (κ1) is 12.9. The molecule has 1 fully saturated rings. The summed E-state index contributed by atoms with van der Waals surface area (Å²) in [7, 11) is 0. The van der Waals surface area contributed by atoms with Crippen molar-refractivity contribution in [3.05, 3.63) is 48.0 Å². The molecule has 0 saturated heterocycles. The van der Waals surface area contributed by atoms with Crippen LogP contribution in [0.4, 0.5) is 0 Å². The molecule has 1 saturated carbocycles. The minimum Gasteiger partial charge on any atom is -0.462 e. The lowest BCUT2D eigenvalue weighted by atomic mass is 10.1. The predicted molar refractivity (Wildman–Crippen MR) is 72.2 cm³/mol. The lowest BCUT2D eigenvalue weighted by Crippen LogP contribution is -2.05. The lowest BCUT2D eigenvalue weighted by Gasteiger charge is -2.03. The average molecular weight is 244 g/mol. The fraction of sp³-hybridized carbons (Fsp3) is 0.438. The van der Waals surface area contributed by atoms with Crippen LogP contribution in [0.25, 0.3) is 0 Å². The molecule has 1 aliphatic rings. The Hall–Kier alpha value is -1.57. The van der Waals surface area contributed by atoms with Crippen LogP contribution in [-0.4, -0.2) is 12.6 Å². The summed E-state index contributed by atoms with van der Waals surface area (Å²) in [5.41, 5.74) is 1.20. The van der Waals surface area contributed by atoms with Gasteiger partial charge < -0.3 is 4.74 Å². The Labute approximate surface area is 109 Å². The molecule has 0 atom stereocenters. The van der Waals surface area contributed by atoms with E-state index in [4.69, 9.17) is 4.74 Å². The highest BCUT2D eigenvalue weighted by molar-refractivity contribution is 5.81. The maximum atomic E-state index is 11.5. The molecule has 1 aromatic carbocycles. The fourth-order valence-corrected chi connectivity index (χ4v) is 2.33. The normalized spacial score (nSPS) is 16.2. The van der Waals surface area contributed by atoms with Gasteiger partial charge in [0.25, 0.3) is 0 Å². The third-order valence-corrected chi connectivity index (χ3v) is 3.38. The van der Waals surface area contributed by atoms with Crippen LogP contribution in [-0.2, 0) is 16.0 Å². The molecule has 96 valence electrons. The zero-order valence-electron chi connectivity index (χ0n) is 10.7. The monoisotopic (exact) mass is 244 g/mol. The van der Waals surface area contributed by atoms with Gasteiger partial charge >= 0.3 is 5.97 Å². The first-order valence-corrected chi connectivity index (χ1v) is 6.73. The molecule has 0 unspecified atom stereocenters. The second kappa shape index (κ2) is 7.00. The standard InChI is InChI=1S/C16H20O2/c17-16(11-10-14-8-4-5-9-14)18-13-12-15-6-2-1-3-7-15/h1-3,6-7,10-11,14H,4-5,8-9,12-13H2/b11-10+. The molecule has 0 N–H and O–H groups in total. The van der Waals surface area contributed by atoms with Crippen molar-refractivity contribution in [2.45, 2.75) is 32.1 Å². The highest BCUT2D eigenvalue weighted by Crippen LogP contribution is 2.25. The molecule has 0 bridgehead atoms. The number of allylic oxidation sites excluding steroid dienone is 1. The number of hydrogen-bond acceptors (Lipinski definition) is 2. The molecule has 18 heavy (non-hydrogen) atoms. The number of esters is 1. The molecule has 0 amide bonds. The Morgan fingerprint density at radius 3 is 2.67 bits per heavy atom. The van der Waals surface area contributed by atoms with Crippen molar-refractivity contribution < 1.29 is 9.53 Å². The second-order valence-electron chi connectivity index (χ2n) is 4.81. The third kappa shape index (κ3) is 4.36. The molecule has 0 aromatic heterocycles. The summed E-state index contributed by atoms with van der Waals surface area (Å²) in [5.74, 6) is 0.379. The minimum atomic E-state index is -0.210. The first-order chi connectivity index (χ1) is 8.84. The van der Waals surface area contributed by atoms with E-state index in [-0.39, 0.29) is 5.97 Å². The lowest BCUT2D eigenvalue weighted by molar-refractivity contribution is -0.137. The van der Waals surface area contributed by atoms with Gasteiger partial charge in [-0.1, -0.05) is 49.2 Å². The molecule has 0 radical (unpaired) electrons. The summed E-state index contributed by atoms with van der Waals surface area (Å²) >= 11 is 0. The summed E-state index contributed by atoms with van der Waals surface area (Å²) in [6.07, 6.45) is 9.40. The zero-order valence-corrected chi connectivity index (χ0v) is 10.7. The van der Waals surface area contributed by atoms with E-state index >= 15 is 0 Å². The van der Waals surface area contributed by atoms with E-state index in [2.05, 4.69) is 0 Å². The van der Waals surface area contributed by atoms with Gasteiger partial charge in [-0.3, -0.25) is 0 Å². The van der Waals surface area contributed by atoms with Crippen LogP contribution in [0.1, 0.15) is 31.2 Å². The number of benzene rings is 1. The van der Waals surface area contributed by atoms with Crippen molar-refractivity contribution in [2.24, 2.45) is 5.92 Å². The van der Waals surface area contributed by atoms with Crippen LogP contribution in [0.5, 0.6) is 0 Å². The summed E-state index contributed by atoms with van der Waals surface area (Å²) in [6, 6.07) is 10.1. The molecule has 0 spiro atoms. The SMILES string of the molecule is O=C(/C=C/C1CCCC1)OCCc1ccccc1. The van der Waals surface area contributed by atoms with Crippen molar-refractivity contribution in [3.63, 3.8) is 0 Å². The molecule has 2 heteroatoms. The molecule has 2 rings (SSSR count). The summed E-state index contributed by atoms with van der Waals surface area (Å²) < 4.78 is 5.18. The quantitative estimate of drug-likeness (QED) is 0.585. The van der Waals surface area contributed by atoms with Crippen molar-refractivity contribution in [1.29, 1.82) is 0 Å². The van der Waals surface area contributed by atoms with Crippen LogP contribution >= 0.6 is 0 Å². The van der Waals surface area contributed by atoms with Gasteiger partial charge in [-0.25, -0.2) is 4.79 Å². The van der Waals surface area contributed by atoms with E-state index in [0.29, 0.717) is 12.5 Å². The molecule has 0 heterocycles. The van der Waals surface area contributed by atoms with Crippen LogP contribution in [0.3, 0.4) is 0 Å². The Balaban J connectivity index is 1.65. The van der Waals surface area contributed by atoms with Crippen molar-refractivity contribution >= 4 is 5.97 Å². The third-order valence-electron chi connectivity index (χ3n) is 3.38. The average Bonchev–Trinajstić information content (AvgIpc) is 2.91. The molecule has 1 aliphatic carbocycles. The van der Waals surface area contributed by atoms with Crippen LogP contribution in [0, 0.1) is 5.92 Å². The highest BCUT2D eigenvalue weighted by Gasteiger charge is 2.11. The Morgan fingerprint density at radius 2 is 1.94 bits per heavy atom. The first-order valence-electron chi connectivity index (χ1n) is 6.73. The summed E-state index contributed by atoms with van der Waals surface area (Å²) in [4.78, 5) is 11.5. The van der Waals surface area contributed by atoms with Crippen LogP contribution in [0.15, 0.2) is 42.5 Å². The highest BCUT2D eigenvalue weighted by atomic mass is 16.5. The summed E-state index contributed by atoms with van der Waals surface area (Å²) in [5, 5.41) is 0. The Bertz CT molecular complexity index is 389. The molecular formula is C16H20O2. The van der Waals surface area contributed by atoms with Gasteiger partial charge in [0.15, 0.2) is 0 Å². The van der Waals surface area contributed by atoms with Gasteiger partial charge in [0.1, 0.15) is 0 Å². The summed E-state index contributed by atoms with van der Waals surface area (Å²) in [6.45, 7) is 0.456. The topological polar surface area (TPSA) is 26.3 Å². The van der Waals surface area contributed by atoms with E-state index < -0.39 is 0 Å². The van der Waals surface area contributed by atoms with E-state index in [1.165, 1.54) is 31.2 Å². The number of carbonyl (C=O) groups is 1. The van der Waals surface area contributed by atoms with Gasteiger partial charge in [0.2, 0.25) is 0 Å². The largest absolute Gasteiger partial charge is 0.462 e. The Kier molecular flexibility index (Phi) is 5.00. The minimum absolute atomic E-state index is 0.210. The van der Waals surface area contributed by atoms with Crippen LogP contribution < -0.4 is 0 Å². The van der Waals surface area contributed by atoms with Gasteiger partial charge in [-0.15, -0.1) is 0 Å². The van der Waals surface area contributed by atoms with Gasteiger partial charge in [0.05, 0.1) is 6.61 Å². The number of ether oxygens (including phenoxy) is 1. The molecule has 0 aliphatic heterocycles. The van der Waals surface area contributed by atoms with E-state index in [1.807, 2.05) is 36.4 Å². The van der Waals surface area contributed by atoms with Gasteiger partial charge in [0, 0.05) is 12.5 Å². The number of rotatable bonds is 5. The predicted octanol–water partition coefficient (Wildman–Crippen LogP) is 3.52. The Morgan fingerprint density at radius 1 is 1.22 bits per heavy atom. The van der Waals surface area contributed by atoms with E-state index in [1.54, 1.807) is 6.08 Å². The number of carbonyl (C=O) groups excluding carboxylic acids is 1. The van der Waals surface area contributed by atoms with E-state index in [9.17, 15) is 4.79 Å². The maximum absolute atomic E-state index is 11.5.